The molecule has 1 heterocycles. The van der Waals surface area contributed by atoms with Crippen molar-refractivity contribution in [2.45, 2.75) is 58.4 Å². The third-order valence-corrected chi connectivity index (χ3v) is 5.85. The minimum atomic E-state index is -0.253. The average molecular weight is 390 g/mol. The van der Waals surface area contributed by atoms with Gasteiger partial charge in [0.05, 0.1) is 16.9 Å². The normalized spacial score (nSPS) is 16.4. The maximum atomic E-state index is 13.2. The van der Waals surface area contributed by atoms with Gasteiger partial charge in [0.15, 0.2) is 0 Å². The molecule has 5 nitrogen and oxygen atoms in total. The van der Waals surface area contributed by atoms with Crippen molar-refractivity contribution in [3.05, 3.63) is 39.4 Å². The molecule has 1 aromatic heterocycles. The van der Waals surface area contributed by atoms with Crippen molar-refractivity contribution in [1.29, 1.82) is 0 Å². The van der Waals surface area contributed by atoms with Crippen molar-refractivity contribution in [2.75, 3.05) is 6.54 Å². The summed E-state index contributed by atoms with van der Waals surface area (Å²) >= 11 is 6.04. The Morgan fingerprint density at radius 2 is 2.04 bits per heavy atom. The molecule has 0 radical (unpaired) electrons. The fourth-order valence-electron chi connectivity index (χ4n) is 4.09. The molecular formula is C21H28ClN3O2. The highest BCUT2D eigenvalue weighted by Crippen LogP contribution is 2.29. The van der Waals surface area contributed by atoms with Crippen LogP contribution in [-0.4, -0.2) is 26.9 Å². The van der Waals surface area contributed by atoms with E-state index in [0.717, 1.165) is 32.1 Å². The maximum Gasteiger partial charge on any atom is 0.261 e. The molecule has 0 aliphatic heterocycles. The van der Waals surface area contributed by atoms with Gasteiger partial charge in [-0.3, -0.25) is 14.2 Å². The predicted molar refractivity (Wildman–Crippen MR) is 109 cm³/mol. The molecule has 1 saturated carbocycles. The maximum absolute atomic E-state index is 13.2. The van der Waals surface area contributed by atoms with Crippen LogP contribution in [0, 0.1) is 5.92 Å². The zero-order valence-corrected chi connectivity index (χ0v) is 17.1. The number of hydrogen-bond acceptors (Lipinski definition) is 3. The van der Waals surface area contributed by atoms with Gasteiger partial charge < -0.3 is 4.90 Å². The van der Waals surface area contributed by atoms with Gasteiger partial charge in [-0.1, -0.05) is 37.8 Å². The molecule has 1 aromatic carbocycles. The Morgan fingerprint density at radius 3 is 2.70 bits per heavy atom. The standard InChI is InChI=1S/C21H28ClN3O2/c1-4-12-25(20(26)15-8-6-5-7-9-15)14(2)19-23-18-11-10-16(22)13-17(18)21(27)24(19)3/h10-11,13-15H,4-9,12H2,1-3H3. The summed E-state index contributed by atoms with van der Waals surface area (Å²) in [7, 11) is 1.72. The number of halogens is 1. The molecule has 1 unspecified atom stereocenters. The average Bonchev–Trinajstić information content (AvgIpc) is 2.69. The molecular weight excluding hydrogens is 362 g/mol. The Kier molecular flexibility index (Phi) is 6.20. The van der Waals surface area contributed by atoms with Crippen LogP contribution in [0.3, 0.4) is 0 Å². The Balaban J connectivity index is 1.99. The van der Waals surface area contributed by atoms with E-state index in [9.17, 15) is 9.59 Å². The number of aromatic nitrogens is 2. The van der Waals surface area contributed by atoms with Gasteiger partial charge in [0.25, 0.3) is 5.56 Å². The summed E-state index contributed by atoms with van der Waals surface area (Å²) in [4.78, 5) is 32.7. The Morgan fingerprint density at radius 1 is 1.33 bits per heavy atom. The SMILES string of the molecule is CCCN(C(=O)C1CCCCC1)C(C)c1nc2ccc(Cl)cc2c(=O)n1C. The highest BCUT2D eigenvalue weighted by Gasteiger charge is 2.30. The molecule has 1 fully saturated rings. The van der Waals surface area contributed by atoms with Crippen LogP contribution in [0.15, 0.2) is 23.0 Å². The monoisotopic (exact) mass is 389 g/mol. The van der Waals surface area contributed by atoms with E-state index >= 15 is 0 Å². The van der Waals surface area contributed by atoms with E-state index in [0.29, 0.717) is 28.3 Å². The molecule has 6 heteroatoms. The molecule has 0 saturated heterocycles. The minimum absolute atomic E-state index is 0.101. The third-order valence-electron chi connectivity index (χ3n) is 5.62. The largest absolute Gasteiger partial charge is 0.333 e. The number of rotatable bonds is 5. The number of amides is 1. The highest BCUT2D eigenvalue weighted by atomic mass is 35.5. The number of nitrogens with zero attached hydrogens (tertiary/aromatic N) is 3. The fourth-order valence-corrected chi connectivity index (χ4v) is 4.26. The van der Waals surface area contributed by atoms with Gasteiger partial charge in [-0.2, -0.15) is 0 Å². The number of benzene rings is 1. The number of fused-ring (bicyclic) bond motifs is 1. The quantitative estimate of drug-likeness (QED) is 0.758. The van der Waals surface area contributed by atoms with E-state index < -0.39 is 0 Å². The van der Waals surface area contributed by atoms with Crippen molar-refractivity contribution < 1.29 is 4.79 Å². The number of carbonyl (C=O) groups is 1. The van der Waals surface area contributed by atoms with E-state index in [2.05, 4.69) is 6.92 Å². The molecule has 2 aromatic rings. The van der Waals surface area contributed by atoms with E-state index in [-0.39, 0.29) is 23.4 Å². The number of hydrogen-bond donors (Lipinski definition) is 0. The van der Waals surface area contributed by atoms with Gasteiger partial charge in [-0.05, 0) is 44.4 Å². The smallest absolute Gasteiger partial charge is 0.261 e. The first-order valence-corrected chi connectivity index (χ1v) is 10.3. The Hall–Kier alpha value is -1.88. The van der Waals surface area contributed by atoms with Crippen molar-refractivity contribution in [2.24, 2.45) is 13.0 Å². The lowest BCUT2D eigenvalue weighted by atomic mass is 9.88. The van der Waals surface area contributed by atoms with Crippen LogP contribution in [0.1, 0.15) is 64.2 Å². The minimum Gasteiger partial charge on any atom is -0.333 e. The zero-order chi connectivity index (χ0) is 19.6. The molecule has 1 amide bonds. The van der Waals surface area contributed by atoms with E-state index in [1.807, 2.05) is 11.8 Å². The van der Waals surface area contributed by atoms with Crippen molar-refractivity contribution in [1.82, 2.24) is 14.5 Å². The summed E-state index contributed by atoms with van der Waals surface area (Å²) in [5.41, 5.74) is 0.483. The Bertz CT molecular complexity index is 887. The second kappa shape index (κ2) is 8.42. The molecule has 0 N–H and O–H groups in total. The van der Waals surface area contributed by atoms with Crippen LogP contribution in [0.5, 0.6) is 0 Å². The second-order valence-corrected chi connectivity index (χ2v) is 7.97. The lowest BCUT2D eigenvalue weighted by Crippen LogP contribution is -2.41. The molecule has 1 aliphatic rings. The van der Waals surface area contributed by atoms with Gasteiger partial charge in [-0.25, -0.2) is 4.98 Å². The number of carbonyl (C=O) groups excluding carboxylic acids is 1. The summed E-state index contributed by atoms with van der Waals surface area (Å²) in [5.74, 6) is 0.922. The van der Waals surface area contributed by atoms with E-state index in [4.69, 9.17) is 16.6 Å². The molecule has 3 rings (SSSR count). The van der Waals surface area contributed by atoms with E-state index in [1.54, 1.807) is 29.8 Å². The first-order chi connectivity index (χ1) is 12.9. The van der Waals surface area contributed by atoms with Crippen LogP contribution in [0.4, 0.5) is 0 Å². The van der Waals surface area contributed by atoms with Crippen molar-refractivity contribution >= 4 is 28.4 Å². The molecule has 146 valence electrons. The van der Waals surface area contributed by atoms with Gasteiger partial charge in [0.2, 0.25) is 5.91 Å². The summed E-state index contributed by atoms with van der Waals surface area (Å²) < 4.78 is 1.56. The van der Waals surface area contributed by atoms with Crippen molar-refractivity contribution in [3.8, 4) is 0 Å². The van der Waals surface area contributed by atoms with Crippen LogP contribution in [0.25, 0.3) is 10.9 Å². The van der Waals surface area contributed by atoms with Gasteiger partial charge in [-0.15, -0.1) is 0 Å². The molecule has 1 atom stereocenters. The van der Waals surface area contributed by atoms with Crippen LogP contribution < -0.4 is 5.56 Å². The van der Waals surface area contributed by atoms with Gasteiger partial charge in [0.1, 0.15) is 5.82 Å². The summed E-state index contributed by atoms with van der Waals surface area (Å²) in [6.07, 6.45) is 6.27. The van der Waals surface area contributed by atoms with E-state index in [1.165, 1.54) is 6.42 Å². The van der Waals surface area contributed by atoms with Crippen LogP contribution in [0.2, 0.25) is 5.02 Å². The molecule has 0 spiro atoms. The summed E-state index contributed by atoms with van der Waals surface area (Å²) in [6.45, 7) is 4.72. The van der Waals surface area contributed by atoms with Gasteiger partial charge in [0, 0.05) is 24.5 Å². The molecule has 1 aliphatic carbocycles. The first-order valence-electron chi connectivity index (χ1n) is 9.90. The predicted octanol–water partition coefficient (Wildman–Crippen LogP) is 4.47. The molecule has 0 bridgehead atoms. The lowest BCUT2D eigenvalue weighted by Gasteiger charge is -2.34. The topological polar surface area (TPSA) is 55.2 Å². The Labute approximate surface area is 165 Å². The van der Waals surface area contributed by atoms with Crippen LogP contribution >= 0.6 is 11.6 Å². The third kappa shape index (κ3) is 4.03. The van der Waals surface area contributed by atoms with Gasteiger partial charge >= 0.3 is 0 Å². The first kappa shape index (κ1) is 19.9. The van der Waals surface area contributed by atoms with Crippen molar-refractivity contribution in [3.63, 3.8) is 0 Å². The fraction of sp³-hybridized carbons (Fsp3) is 0.571. The van der Waals surface area contributed by atoms with Crippen LogP contribution in [-0.2, 0) is 11.8 Å². The summed E-state index contributed by atoms with van der Waals surface area (Å²) in [5, 5.41) is 1.02. The second-order valence-electron chi connectivity index (χ2n) is 7.54. The molecule has 27 heavy (non-hydrogen) atoms. The summed E-state index contributed by atoms with van der Waals surface area (Å²) in [6, 6.07) is 4.90. The zero-order valence-electron chi connectivity index (χ0n) is 16.4. The highest BCUT2D eigenvalue weighted by molar-refractivity contribution is 6.31. The lowest BCUT2D eigenvalue weighted by molar-refractivity contribution is -0.139.